The molecular weight excluding hydrogens is 276 g/mol. The SMILES string of the molecule is COc1ccc(C2OC[C@H]3O[C@H](OC)[C@H](OC)[C@H]3O2)cc1. The van der Waals surface area contributed by atoms with Crippen LogP contribution in [0.2, 0.25) is 0 Å². The Kier molecular flexibility index (Phi) is 4.42. The van der Waals surface area contributed by atoms with E-state index in [1.807, 2.05) is 24.3 Å². The largest absolute Gasteiger partial charge is 0.497 e. The maximum Gasteiger partial charge on any atom is 0.186 e. The van der Waals surface area contributed by atoms with Gasteiger partial charge in [0.2, 0.25) is 0 Å². The Labute approximate surface area is 123 Å². The second-order valence-corrected chi connectivity index (χ2v) is 5.02. The van der Waals surface area contributed by atoms with Crippen LogP contribution in [0.25, 0.3) is 0 Å². The van der Waals surface area contributed by atoms with Gasteiger partial charge in [-0.15, -0.1) is 0 Å². The Morgan fingerprint density at radius 2 is 1.76 bits per heavy atom. The first-order chi connectivity index (χ1) is 10.3. The molecule has 6 heteroatoms. The number of hydrogen-bond acceptors (Lipinski definition) is 6. The van der Waals surface area contributed by atoms with Gasteiger partial charge >= 0.3 is 0 Å². The highest BCUT2D eigenvalue weighted by Gasteiger charge is 2.50. The molecule has 1 unspecified atom stereocenters. The zero-order valence-electron chi connectivity index (χ0n) is 12.4. The van der Waals surface area contributed by atoms with Crippen molar-refractivity contribution in [1.29, 1.82) is 0 Å². The van der Waals surface area contributed by atoms with E-state index in [0.717, 1.165) is 11.3 Å². The molecule has 2 heterocycles. The van der Waals surface area contributed by atoms with Gasteiger partial charge in [0.1, 0.15) is 24.1 Å². The Bertz CT molecular complexity index is 462. The van der Waals surface area contributed by atoms with Gasteiger partial charge in [-0.25, -0.2) is 0 Å². The zero-order chi connectivity index (χ0) is 14.8. The number of fused-ring (bicyclic) bond motifs is 1. The highest BCUT2D eigenvalue weighted by molar-refractivity contribution is 5.28. The van der Waals surface area contributed by atoms with Crippen LogP contribution >= 0.6 is 0 Å². The first-order valence-corrected chi connectivity index (χ1v) is 6.89. The van der Waals surface area contributed by atoms with Crippen molar-refractivity contribution in [3.8, 4) is 5.75 Å². The third-order valence-electron chi connectivity index (χ3n) is 3.85. The normalized spacial score (nSPS) is 35.5. The summed E-state index contributed by atoms with van der Waals surface area (Å²) in [5, 5.41) is 0. The maximum atomic E-state index is 6.01. The summed E-state index contributed by atoms with van der Waals surface area (Å²) in [6, 6.07) is 7.61. The number of ether oxygens (including phenoxy) is 6. The summed E-state index contributed by atoms with van der Waals surface area (Å²) in [6.45, 7) is 0.446. The van der Waals surface area contributed by atoms with Crippen molar-refractivity contribution >= 4 is 0 Å². The molecule has 6 nitrogen and oxygen atoms in total. The van der Waals surface area contributed by atoms with Gasteiger partial charge in [-0.1, -0.05) is 12.1 Å². The minimum absolute atomic E-state index is 0.172. The van der Waals surface area contributed by atoms with Gasteiger partial charge in [0.15, 0.2) is 12.6 Å². The lowest BCUT2D eigenvalue weighted by Crippen LogP contribution is -2.43. The lowest BCUT2D eigenvalue weighted by molar-refractivity contribution is -0.254. The van der Waals surface area contributed by atoms with Gasteiger partial charge in [0, 0.05) is 19.8 Å². The van der Waals surface area contributed by atoms with Crippen molar-refractivity contribution < 1.29 is 28.4 Å². The van der Waals surface area contributed by atoms with Crippen LogP contribution in [-0.2, 0) is 23.7 Å². The summed E-state index contributed by atoms with van der Waals surface area (Å²) in [6.07, 6.45) is -1.50. The summed E-state index contributed by atoms with van der Waals surface area (Å²) < 4.78 is 33.4. The summed E-state index contributed by atoms with van der Waals surface area (Å²) in [5.74, 6) is 0.797. The second kappa shape index (κ2) is 6.29. The van der Waals surface area contributed by atoms with Crippen LogP contribution < -0.4 is 4.74 Å². The van der Waals surface area contributed by atoms with E-state index in [1.165, 1.54) is 0 Å². The van der Waals surface area contributed by atoms with Crippen LogP contribution in [0.4, 0.5) is 0 Å². The van der Waals surface area contributed by atoms with Crippen LogP contribution in [0.1, 0.15) is 11.9 Å². The first-order valence-electron chi connectivity index (χ1n) is 6.89. The zero-order valence-corrected chi connectivity index (χ0v) is 12.4. The number of hydrogen-bond donors (Lipinski definition) is 0. The fraction of sp³-hybridized carbons (Fsp3) is 0.600. The van der Waals surface area contributed by atoms with Crippen LogP contribution in [0.15, 0.2) is 24.3 Å². The molecule has 21 heavy (non-hydrogen) atoms. The Morgan fingerprint density at radius 1 is 1.00 bits per heavy atom. The van der Waals surface area contributed by atoms with Crippen molar-refractivity contribution in [2.45, 2.75) is 30.9 Å². The average Bonchev–Trinajstić information content (AvgIpc) is 2.91. The van der Waals surface area contributed by atoms with Crippen molar-refractivity contribution in [3.63, 3.8) is 0 Å². The quantitative estimate of drug-likeness (QED) is 0.839. The number of benzene rings is 1. The van der Waals surface area contributed by atoms with E-state index in [2.05, 4.69) is 0 Å². The van der Waals surface area contributed by atoms with Gasteiger partial charge in [0.05, 0.1) is 13.7 Å². The molecule has 0 spiro atoms. The Morgan fingerprint density at radius 3 is 2.38 bits per heavy atom. The standard InChI is InChI=1S/C15H20O6/c1-16-10-6-4-9(5-7-10)14-19-8-11-12(21-14)13(17-2)15(18-3)20-11/h4-7,11-15H,8H2,1-3H3/t11-,12+,13-,14?,15+/m1/s1. The smallest absolute Gasteiger partial charge is 0.186 e. The third-order valence-corrected chi connectivity index (χ3v) is 3.85. The van der Waals surface area contributed by atoms with Crippen molar-refractivity contribution in [2.75, 3.05) is 27.9 Å². The number of rotatable bonds is 4. The number of methoxy groups -OCH3 is 3. The predicted octanol–water partition coefficient (Wildman–Crippen LogP) is 1.50. The molecule has 0 bridgehead atoms. The molecule has 2 saturated heterocycles. The molecule has 0 radical (unpaired) electrons. The van der Waals surface area contributed by atoms with Gasteiger partial charge < -0.3 is 28.4 Å². The lowest BCUT2D eigenvalue weighted by atomic mass is 10.1. The fourth-order valence-electron chi connectivity index (χ4n) is 2.73. The highest BCUT2D eigenvalue weighted by atomic mass is 16.8. The molecule has 1 aromatic rings. The molecule has 0 aromatic heterocycles. The van der Waals surface area contributed by atoms with Gasteiger partial charge in [-0.2, -0.15) is 0 Å². The molecular formula is C15H20O6. The van der Waals surface area contributed by atoms with Crippen LogP contribution in [-0.4, -0.2) is 52.5 Å². The minimum atomic E-state index is -0.436. The van der Waals surface area contributed by atoms with Crippen LogP contribution in [0.3, 0.4) is 0 Å². The summed E-state index contributed by atoms with van der Waals surface area (Å²) in [5.41, 5.74) is 0.935. The predicted molar refractivity (Wildman–Crippen MR) is 73.0 cm³/mol. The molecule has 2 fully saturated rings. The monoisotopic (exact) mass is 296 g/mol. The topological polar surface area (TPSA) is 55.4 Å². The Balaban J connectivity index is 1.73. The summed E-state index contributed by atoms with van der Waals surface area (Å²) in [7, 11) is 4.86. The van der Waals surface area contributed by atoms with Crippen molar-refractivity contribution in [1.82, 2.24) is 0 Å². The van der Waals surface area contributed by atoms with Crippen molar-refractivity contribution in [3.05, 3.63) is 29.8 Å². The van der Waals surface area contributed by atoms with Gasteiger partial charge in [0.25, 0.3) is 0 Å². The molecule has 0 aliphatic carbocycles. The molecule has 5 atom stereocenters. The van der Waals surface area contributed by atoms with Crippen LogP contribution in [0.5, 0.6) is 5.75 Å². The maximum absolute atomic E-state index is 6.01. The van der Waals surface area contributed by atoms with E-state index in [9.17, 15) is 0 Å². The van der Waals surface area contributed by atoms with E-state index in [0.29, 0.717) is 6.61 Å². The van der Waals surface area contributed by atoms with Gasteiger partial charge in [-0.05, 0) is 12.1 Å². The van der Waals surface area contributed by atoms with E-state index in [4.69, 9.17) is 28.4 Å². The average molecular weight is 296 g/mol. The summed E-state index contributed by atoms with van der Waals surface area (Å²) >= 11 is 0. The third kappa shape index (κ3) is 2.77. The molecule has 0 amide bonds. The highest BCUT2D eigenvalue weighted by Crippen LogP contribution is 2.36. The minimum Gasteiger partial charge on any atom is -0.497 e. The van der Waals surface area contributed by atoms with E-state index in [-0.39, 0.29) is 18.3 Å². The summed E-state index contributed by atoms with van der Waals surface area (Å²) in [4.78, 5) is 0. The molecule has 1 aromatic carbocycles. The molecule has 3 rings (SSSR count). The van der Waals surface area contributed by atoms with Crippen molar-refractivity contribution in [2.24, 2.45) is 0 Å². The van der Waals surface area contributed by atoms with Crippen LogP contribution in [0, 0.1) is 0 Å². The molecule has 2 aliphatic rings. The van der Waals surface area contributed by atoms with E-state index in [1.54, 1.807) is 21.3 Å². The molecule has 116 valence electrons. The van der Waals surface area contributed by atoms with Gasteiger partial charge in [-0.3, -0.25) is 0 Å². The molecule has 0 N–H and O–H groups in total. The Hall–Kier alpha value is -1.18. The lowest BCUT2D eigenvalue weighted by Gasteiger charge is -2.33. The first kappa shape index (κ1) is 14.7. The molecule has 0 saturated carbocycles. The van der Waals surface area contributed by atoms with E-state index >= 15 is 0 Å². The fourth-order valence-corrected chi connectivity index (χ4v) is 2.73. The molecule has 2 aliphatic heterocycles. The van der Waals surface area contributed by atoms with E-state index < -0.39 is 12.6 Å². The second-order valence-electron chi connectivity index (χ2n) is 5.02.